The van der Waals surface area contributed by atoms with E-state index in [-0.39, 0.29) is 11.4 Å². The van der Waals surface area contributed by atoms with Crippen LogP contribution in [0.15, 0.2) is 24.3 Å². The number of esters is 1. The SMILES string of the molecule is COC(=O)C(N)Cc1ccc(C)cc1.CSCCCC1(C(=O)O)CCC1. The highest BCUT2D eigenvalue weighted by molar-refractivity contribution is 7.98. The first-order chi connectivity index (χ1) is 12.3. The van der Waals surface area contributed by atoms with E-state index in [9.17, 15) is 9.59 Å². The van der Waals surface area contributed by atoms with Gasteiger partial charge in [-0.2, -0.15) is 11.8 Å². The maximum absolute atomic E-state index is 11.0. The van der Waals surface area contributed by atoms with Crippen molar-refractivity contribution in [2.45, 2.75) is 51.5 Å². The summed E-state index contributed by atoms with van der Waals surface area (Å²) in [5.74, 6) is 0.148. The van der Waals surface area contributed by atoms with Crippen LogP contribution in [0.25, 0.3) is 0 Å². The van der Waals surface area contributed by atoms with Gasteiger partial charge < -0.3 is 15.6 Å². The minimum Gasteiger partial charge on any atom is -0.481 e. The van der Waals surface area contributed by atoms with E-state index in [0.29, 0.717) is 6.42 Å². The third-order valence-corrected chi connectivity index (χ3v) is 5.55. The minimum absolute atomic E-state index is 0.324. The van der Waals surface area contributed by atoms with Crippen molar-refractivity contribution in [1.29, 1.82) is 0 Å². The number of nitrogens with two attached hydrogens (primary N) is 1. The van der Waals surface area contributed by atoms with Gasteiger partial charge in [0.15, 0.2) is 0 Å². The molecule has 0 radical (unpaired) electrons. The fourth-order valence-electron chi connectivity index (χ4n) is 2.94. The Morgan fingerprint density at radius 2 is 1.92 bits per heavy atom. The number of aliphatic carboxylic acids is 1. The Bertz CT molecular complexity index is 570. The third-order valence-electron chi connectivity index (χ3n) is 4.85. The molecule has 3 N–H and O–H groups in total. The summed E-state index contributed by atoms with van der Waals surface area (Å²) in [4.78, 5) is 21.9. The Hall–Kier alpha value is -1.53. The normalized spacial score (nSPS) is 15.8. The predicted octanol–water partition coefficient (Wildman–Crippen LogP) is 3.42. The number of ether oxygens (including phenoxy) is 1. The molecule has 0 heterocycles. The van der Waals surface area contributed by atoms with Crippen molar-refractivity contribution in [1.82, 2.24) is 0 Å². The first-order valence-electron chi connectivity index (χ1n) is 8.96. The number of carbonyl (C=O) groups is 2. The van der Waals surface area contributed by atoms with Crippen LogP contribution in [0.1, 0.15) is 43.2 Å². The van der Waals surface area contributed by atoms with Crippen molar-refractivity contribution < 1.29 is 19.4 Å². The summed E-state index contributed by atoms with van der Waals surface area (Å²) in [6.45, 7) is 2.02. The van der Waals surface area contributed by atoms with Crippen molar-refractivity contribution in [3.8, 4) is 0 Å². The molecule has 146 valence electrons. The summed E-state index contributed by atoms with van der Waals surface area (Å²) in [6.07, 6.45) is 7.41. The smallest absolute Gasteiger partial charge is 0.322 e. The zero-order chi connectivity index (χ0) is 19.6. The lowest BCUT2D eigenvalue weighted by Crippen LogP contribution is -2.37. The first kappa shape index (κ1) is 22.5. The van der Waals surface area contributed by atoms with Gasteiger partial charge in [-0.3, -0.25) is 9.59 Å². The van der Waals surface area contributed by atoms with Crippen LogP contribution in [-0.2, 0) is 20.7 Å². The van der Waals surface area contributed by atoms with Crippen LogP contribution in [0.3, 0.4) is 0 Å². The fraction of sp³-hybridized carbons (Fsp3) is 0.600. The number of carbonyl (C=O) groups excluding carboxylic acids is 1. The number of hydrogen-bond acceptors (Lipinski definition) is 5. The van der Waals surface area contributed by atoms with Crippen LogP contribution in [0.2, 0.25) is 0 Å². The largest absolute Gasteiger partial charge is 0.481 e. The Morgan fingerprint density at radius 3 is 2.35 bits per heavy atom. The number of hydrogen-bond donors (Lipinski definition) is 2. The quantitative estimate of drug-likeness (QED) is 0.530. The van der Waals surface area contributed by atoms with Crippen LogP contribution in [0.4, 0.5) is 0 Å². The lowest BCUT2D eigenvalue weighted by Gasteiger charge is -2.37. The molecule has 1 fully saturated rings. The number of methoxy groups -OCH3 is 1. The van der Waals surface area contributed by atoms with Crippen LogP contribution in [0, 0.1) is 12.3 Å². The third kappa shape index (κ3) is 7.00. The van der Waals surface area contributed by atoms with E-state index in [4.69, 9.17) is 10.8 Å². The summed E-state index contributed by atoms with van der Waals surface area (Å²) < 4.78 is 4.54. The van der Waals surface area contributed by atoms with Gasteiger partial charge in [0.05, 0.1) is 12.5 Å². The Labute approximate surface area is 160 Å². The molecule has 1 aromatic rings. The highest BCUT2D eigenvalue weighted by Gasteiger charge is 2.43. The van der Waals surface area contributed by atoms with Crippen LogP contribution >= 0.6 is 11.8 Å². The first-order valence-corrected chi connectivity index (χ1v) is 10.4. The summed E-state index contributed by atoms with van der Waals surface area (Å²) in [5, 5.41) is 8.98. The maximum Gasteiger partial charge on any atom is 0.322 e. The molecule has 5 nitrogen and oxygen atoms in total. The van der Waals surface area contributed by atoms with Crippen LogP contribution in [0.5, 0.6) is 0 Å². The topological polar surface area (TPSA) is 89.6 Å². The van der Waals surface area contributed by atoms with Gasteiger partial charge >= 0.3 is 11.9 Å². The van der Waals surface area contributed by atoms with Gasteiger partial charge in [0.2, 0.25) is 0 Å². The molecule has 26 heavy (non-hydrogen) atoms. The second-order valence-electron chi connectivity index (χ2n) is 6.85. The van der Waals surface area contributed by atoms with Gasteiger partial charge in [0.1, 0.15) is 6.04 Å². The molecule has 0 spiro atoms. The van der Waals surface area contributed by atoms with E-state index >= 15 is 0 Å². The van der Waals surface area contributed by atoms with E-state index in [1.165, 1.54) is 12.7 Å². The Balaban J connectivity index is 0.000000263. The molecule has 0 bridgehead atoms. The monoisotopic (exact) mass is 381 g/mol. The lowest BCUT2D eigenvalue weighted by atomic mass is 9.66. The molecule has 0 amide bonds. The van der Waals surface area contributed by atoms with Crippen molar-refractivity contribution in [2.24, 2.45) is 11.1 Å². The van der Waals surface area contributed by atoms with E-state index < -0.39 is 12.0 Å². The molecule has 6 heteroatoms. The Morgan fingerprint density at radius 1 is 1.31 bits per heavy atom. The number of carboxylic acid groups (broad SMARTS) is 1. The van der Waals surface area contributed by atoms with Gasteiger partial charge in [-0.05, 0) is 56.6 Å². The zero-order valence-electron chi connectivity index (χ0n) is 16.0. The van der Waals surface area contributed by atoms with Gasteiger partial charge in [-0.25, -0.2) is 0 Å². The number of carboxylic acids is 1. The lowest BCUT2D eigenvalue weighted by molar-refractivity contribution is -0.155. The number of aryl methyl sites for hydroxylation is 1. The molecule has 1 aromatic carbocycles. The maximum atomic E-state index is 11.0. The van der Waals surface area contributed by atoms with Crippen molar-refractivity contribution in [2.75, 3.05) is 19.1 Å². The molecule has 1 saturated carbocycles. The molecule has 2 rings (SSSR count). The zero-order valence-corrected chi connectivity index (χ0v) is 16.8. The molecule has 1 atom stereocenters. The van der Waals surface area contributed by atoms with Crippen molar-refractivity contribution in [3.05, 3.63) is 35.4 Å². The summed E-state index contributed by atoms with van der Waals surface area (Å²) in [7, 11) is 1.34. The van der Waals surface area contributed by atoms with E-state index in [1.54, 1.807) is 11.8 Å². The van der Waals surface area contributed by atoms with E-state index in [0.717, 1.165) is 43.4 Å². The molecule has 0 saturated heterocycles. The number of benzene rings is 1. The van der Waals surface area contributed by atoms with Gasteiger partial charge in [-0.1, -0.05) is 36.2 Å². The fourth-order valence-corrected chi connectivity index (χ4v) is 3.38. The predicted molar refractivity (Wildman–Crippen MR) is 106 cm³/mol. The molecule has 1 aliphatic rings. The molecule has 0 aliphatic heterocycles. The molecule has 1 aliphatic carbocycles. The van der Waals surface area contributed by atoms with E-state index in [1.807, 2.05) is 31.2 Å². The highest BCUT2D eigenvalue weighted by Crippen LogP contribution is 2.45. The Kier molecular flexibility index (Phi) is 9.73. The standard InChI is InChI=1S/C11H15NO2.C9H16O2S/c1-8-3-5-9(6-4-8)7-10(12)11(13)14-2;1-12-7-3-6-9(8(10)11)4-2-5-9/h3-6,10H,7,12H2,1-2H3;2-7H2,1H3,(H,10,11). The molecule has 1 unspecified atom stereocenters. The minimum atomic E-state index is -0.574. The summed E-state index contributed by atoms with van der Waals surface area (Å²) in [6, 6.07) is 7.37. The van der Waals surface area contributed by atoms with Crippen molar-refractivity contribution >= 4 is 23.7 Å². The number of thioether (sulfide) groups is 1. The van der Waals surface area contributed by atoms with Gasteiger partial charge in [-0.15, -0.1) is 0 Å². The van der Waals surface area contributed by atoms with E-state index in [2.05, 4.69) is 11.0 Å². The van der Waals surface area contributed by atoms with Crippen LogP contribution < -0.4 is 5.73 Å². The van der Waals surface area contributed by atoms with Crippen LogP contribution in [-0.4, -0.2) is 42.2 Å². The molecular formula is C20H31NO4S. The molecule has 0 aromatic heterocycles. The average Bonchev–Trinajstić information content (AvgIpc) is 2.58. The van der Waals surface area contributed by atoms with Crippen molar-refractivity contribution in [3.63, 3.8) is 0 Å². The summed E-state index contributed by atoms with van der Waals surface area (Å²) in [5.41, 5.74) is 7.54. The highest BCUT2D eigenvalue weighted by atomic mass is 32.2. The molecular weight excluding hydrogens is 350 g/mol. The van der Waals surface area contributed by atoms with Gasteiger partial charge in [0.25, 0.3) is 0 Å². The summed E-state index contributed by atoms with van der Waals surface area (Å²) >= 11 is 1.80. The average molecular weight is 382 g/mol. The number of rotatable bonds is 8. The second-order valence-corrected chi connectivity index (χ2v) is 7.84. The van der Waals surface area contributed by atoms with Gasteiger partial charge in [0, 0.05) is 0 Å². The second kappa shape index (κ2) is 11.2.